The number of amides is 3. The van der Waals surface area contributed by atoms with Crippen LogP contribution in [0.1, 0.15) is 49.4 Å². The number of fused-ring (bicyclic) bond motifs is 1. The molecule has 256 valence electrons. The number of carbonyl (C=O) groups is 3. The van der Waals surface area contributed by atoms with Gasteiger partial charge in [0.2, 0.25) is 23.5 Å². The number of aryl methyl sites for hydroxylation is 1. The van der Waals surface area contributed by atoms with Gasteiger partial charge >= 0.3 is 0 Å². The number of hydrogen-bond acceptors (Lipinski definition) is 10. The van der Waals surface area contributed by atoms with Crippen molar-refractivity contribution in [2.45, 2.75) is 69.9 Å². The van der Waals surface area contributed by atoms with E-state index in [0.717, 1.165) is 21.6 Å². The van der Waals surface area contributed by atoms with E-state index in [-0.39, 0.29) is 42.7 Å². The van der Waals surface area contributed by atoms with Gasteiger partial charge in [0.25, 0.3) is 0 Å². The number of para-hydroxylation sites is 1. The van der Waals surface area contributed by atoms with E-state index in [0.29, 0.717) is 24.1 Å². The van der Waals surface area contributed by atoms with E-state index in [1.54, 1.807) is 36.9 Å². The Morgan fingerprint density at radius 1 is 0.979 bits per heavy atom. The normalized spacial score (nSPS) is 13.4. The van der Waals surface area contributed by atoms with Crippen LogP contribution in [0.15, 0.2) is 70.5 Å². The summed E-state index contributed by atoms with van der Waals surface area (Å²) in [5.74, 6) is -4.59. The highest BCUT2D eigenvalue weighted by Crippen LogP contribution is 2.32. The first kappa shape index (κ1) is 36.4. The number of nitrogens with zero attached hydrogens (tertiary/aromatic N) is 3. The lowest BCUT2D eigenvalue weighted by atomic mass is 9.98. The van der Waals surface area contributed by atoms with Gasteiger partial charge in [0, 0.05) is 24.8 Å². The molecule has 0 radical (unpaired) electrons. The van der Waals surface area contributed by atoms with Crippen LogP contribution in [0.25, 0.3) is 10.2 Å². The van der Waals surface area contributed by atoms with Crippen molar-refractivity contribution >= 4 is 56.6 Å². The van der Waals surface area contributed by atoms with Crippen LogP contribution in [0.5, 0.6) is 0 Å². The Morgan fingerprint density at radius 2 is 1.71 bits per heavy atom. The maximum absolute atomic E-state index is 13.8. The topological polar surface area (TPSA) is 218 Å². The van der Waals surface area contributed by atoms with Crippen molar-refractivity contribution in [3.8, 4) is 0 Å². The molecule has 4 rings (SSSR count). The molecule has 3 amide bonds. The fourth-order valence-electron chi connectivity index (χ4n) is 5.03. The van der Waals surface area contributed by atoms with Crippen LogP contribution in [0.2, 0.25) is 0 Å². The Bertz CT molecular complexity index is 1640. The zero-order chi connectivity index (χ0) is 34.7. The lowest BCUT2D eigenvalue weighted by Gasteiger charge is -2.33. The molecule has 2 aromatic carbocycles. The number of nitrogens with one attached hydrogen (secondary N) is 3. The van der Waals surface area contributed by atoms with Crippen LogP contribution in [0.3, 0.4) is 0 Å². The summed E-state index contributed by atoms with van der Waals surface area (Å²) in [6.45, 7) is 3.70. The molecule has 0 saturated heterocycles. The maximum atomic E-state index is 13.8. The molecule has 0 bridgehead atoms. The number of thiazole rings is 2. The maximum Gasteiger partial charge on any atom is 0.243 e. The fourth-order valence-corrected chi connectivity index (χ4v) is 6.61. The molecule has 2 heterocycles. The highest BCUT2D eigenvalue weighted by atomic mass is 32.1. The number of nitrogens with two attached hydrogens (primary N) is 2. The molecule has 2 aromatic heterocycles. The predicted molar refractivity (Wildman–Crippen MR) is 187 cm³/mol. The number of carbonyl (C=O) groups excluding carboxylic acids is 3. The second kappa shape index (κ2) is 17.1. The molecule has 0 saturated carbocycles. The average molecular weight is 695 g/mol. The molecule has 0 aliphatic carbocycles. The largest absolute Gasteiger partial charge is 0.370 e. The third kappa shape index (κ3) is 10.3. The van der Waals surface area contributed by atoms with Crippen molar-refractivity contribution in [1.29, 1.82) is 0 Å². The van der Waals surface area contributed by atoms with Crippen molar-refractivity contribution in [2.75, 3.05) is 6.54 Å². The summed E-state index contributed by atoms with van der Waals surface area (Å²) >= 11 is 2.47. The minimum atomic E-state index is -2.55. The second-order valence-electron chi connectivity index (χ2n) is 11.7. The van der Waals surface area contributed by atoms with Crippen LogP contribution < -0.4 is 27.4 Å². The molecule has 0 fully saturated rings. The zero-order valence-electron chi connectivity index (χ0n) is 26.8. The van der Waals surface area contributed by atoms with Gasteiger partial charge in [0.05, 0.1) is 27.5 Å². The third-order valence-corrected chi connectivity index (χ3v) is 9.42. The van der Waals surface area contributed by atoms with Gasteiger partial charge in [0.15, 0.2) is 11.0 Å². The van der Waals surface area contributed by atoms with E-state index in [1.807, 2.05) is 42.5 Å². The molecule has 3 atom stereocenters. The van der Waals surface area contributed by atoms with E-state index in [2.05, 4.69) is 30.9 Å². The van der Waals surface area contributed by atoms with Crippen molar-refractivity contribution in [3.05, 3.63) is 81.8 Å². The Morgan fingerprint density at radius 3 is 2.38 bits per heavy atom. The van der Waals surface area contributed by atoms with E-state index < -0.39 is 41.6 Å². The van der Waals surface area contributed by atoms with Gasteiger partial charge in [-0.2, -0.15) is 0 Å². The number of aliphatic hydroxyl groups is 2. The number of aromatic nitrogens is 2. The summed E-state index contributed by atoms with van der Waals surface area (Å²) in [6, 6.07) is 13.4. The SMILES string of the molecule is CC(C)[C@H](NC(=O)[C@H](Cc1cscn1)NC(=O)CCc1ccccc1)C(=O)N[C@@H](CCCN=C(N)N)C(O)(O)c1nc2ccccc2s1. The predicted octanol–water partition coefficient (Wildman–Crippen LogP) is 1.93. The molecular weight excluding hydrogens is 653 g/mol. The quantitative estimate of drug-likeness (QED) is 0.0371. The molecule has 0 unspecified atom stereocenters. The Hall–Kier alpha value is -4.44. The number of benzene rings is 2. The number of guanidine groups is 1. The van der Waals surface area contributed by atoms with Gasteiger partial charge in [0.1, 0.15) is 12.1 Å². The highest BCUT2D eigenvalue weighted by Gasteiger charge is 2.42. The molecule has 0 spiro atoms. The minimum absolute atomic E-state index is 0.00233. The summed E-state index contributed by atoms with van der Waals surface area (Å²) in [6.07, 6.45) is 1.17. The van der Waals surface area contributed by atoms with Crippen LogP contribution in [-0.4, -0.2) is 68.5 Å². The molecule has 15 heteroatoms. The molecule has 0 aliphatic rings. The first-order valence-electron chi connectivity index (χ1n) is 15.6. The number of aliphatic imine (C=N–C) groups is 1. The minimum Gasteiger partial charge on any atom is -0.370 e. The van der Waals surface area contributed by atoms with E-state index in [4.69, 9.17) is 11.5 Å². The lowest BCUT2D eigenvalue weighted by molar-refractivity contribution is -0.196. The van der Waals surface area contributed by atoms with Crippen molar-refractivity contribution < 1.29 is 24.6 Å². The summed E-state index contributed by atoms with van der Waals surface area (Å²) in [5, 5.41) is 33.0. The molecule has 4 aromatic rings. The van der Waals surface area contributed by atoms with Gasteiger partial charge in [-0.05, 0) is 42.9 Å². The van der Waals surface area contributed by atoms with Crippen LogP contribution >= 0.6 is 22.7 Å². The molecule has 9 N–H and O–H groups in total. The second-order valence-corrected chi connectivity index (χ2v) is 13.5. The van der Waals surface area contributed by atoms with Gasteiger partial charge in [-0.15, -0.1) is 22.7 Å². The Labute approximate surface area is 286 Å². The molecular formula is C33H42N8O5S2. The Balaban J connectivity index is 1.50. The first-order valence-corrected chi connectivity index (χ1v) is 17.4. The van der Waals surface area contributed by atoms with E-state index >= 15 is 0 Å². The van der Waals surface area contributed by atoms with Crippen molar-refractivity contribution in [2.24, 2.45) is 22.4 Å². The highest BCUT2D eigenvalue weighted by molar-refractivity contribution is 7.18. The van der Waals surface area contributed by atoms with E-state index in [9.17, 15) is 24.6 Å². The molecule has 0 aliphatic heterocycles. The number of rotatable bonds is 17. The van der Waals surface area contributed by atoms with Gasteiger partial charge in [-0.1, -0.05) is 56.3 Å². The third-order valence-electron chi connectivity index (χ3n) is 7.64. The van der Waals surface area contributed by atoms with E-state index in [1.165, 1.54) is 11.3 Å². The van der Waals surface area contributed by atoms with Crippen molar-refractivity contribution in [3.63, 3.8) is 0 Å². The first-order chi connectivity index (χ1) is 22.9. The average Bonchev–Trinajstić information content (AvgIpc) is 3.74. The van der Waals surface area contributed by atoms with Crippen LogP contribution in [0, 0.1) is 5.92 Å². The fraction of sp³-hybridized carbons (Fsp3) is 0.394. The lowest BCUT2D eigenvalue weighted by Crippen LogP contribution is -2.59. The summed E-state index contributed by atoms with van der Waals surface area (Å²) in [4.78, 5) is 53.1. The van der Waals surface area contributed by atoms with Crippen LogP contribution in [0.4, 0.5) is 0 Å². The molecule has 48 heavy (non-hydrogen) atoms. The smallest absolute Gasteiger partial charge is 0.243 e. The molecule has 13 nitrogen and oxygen atoms in total. The van der Waals surface area contributed by atoms with Gasteiger partial charge < -0.3 is 37.6 Å². The van der Waals surface area contributed by atoms with Gasteiger partial charge in [-0.3, -0.25) is 19.4 Å². The monoisotopic (exact) mass is 694 g/mol. The van der Waals surface area contributed by atoms with Crippen molar-refractivity contribution in [1.82, 2.24) is 25.9 Å². The van der Waals surface area contributed by atoms with Crippen LogP contribution in [-0.2, 0) is 33.0 Å². The Kier molecular flexibility index (Phi) is 13.0. The standard InChI is InChI=1S/C33H42N8O5S2/c1-20(2)28(41-29(43)24(17-22-18-47-19-37-22)38-27(42)15-14-21-9-4-3-5-10-21)30(44)40-26(13-8-16-36-32(34)35)33(45,46)31-39-23-11-6-7-12-25(23)48-31/h3-7,9-12,18-20,24,26,28,45-46H,8,13-17H2,1-2H3,(H,38,42)(H,40,44)(H,41,43)(H4,34,35,36)/t24-,26-,28-/m0/s1. The summed E-state index contributed by atoms with van der Waals surface area (Å²) in [7, 11) is 0. The zero-order valence-corrected chi connectivity index (χ0v) is 28.5. The van der Waals surface area contributed by atoms with Gasteiger partial charge in [-0.25, -0.2) is 9.97 Å². The number of hydrogen-bond donors (Lipinski definition) is 7. The summed E-state index contributed by atoms with van der Waals surface area (Å²) in [5.41, 5.74) is 14.7. The summed E-state index contributed by atoms with van der Waals surface area (Å²) < 4.78 is 0.745.